The van der Waals surface area contributed by atoms with E-state index in [1.807, 2.05) is 36.5 Å². The lowest BCUT2D eigenvalue weighted by atomic mass is 9.96. The second kappa shape index (κ2) is 11.9. The highest BCUT2D eigenvalue weighted by atomic mass is 32.2. The molecule has 1 saturated heterocycles. The van der Waals surface area contributed by atoms with Gasteiger partial charge in [0.1, 0.15) is 5.75 Å². The third kappa shape index (κ3) is 5.59. The molecule has 0 unspecified atom stereocenters. The van der Waals surface area contributed by atoms with Crippen LogP contribution in [-0.2, 0) is 0 Å². The number of hydrogen-bond acceptors (Lipinski definition) is 6. The zero-order chi connectivity index (χ0) is 30.1. The van der Waals surface area contributed by atoms with Crippen LogP contribution in [0.15, 0.2) is 113 Å². The molecule has 43 heavy (non-hydrogen) atoms. The van der Waals surface area contributed by atoms with Gasteiger partial charge >= 0.3 is 0 Å². The number of aromatic nitrogens is 2. The van der Waals surface area contributed by atoms with Crippen LogP contribution in [0.5, 0.6) is 5.75 Å². The number of hydrogen-bond donors (Lipinski definition) is 1. The number of aryl methyl sites for hydroxylation is 1. The van der Waals surface area contributed by atoms with E-state index in [4.69, 9.17) is 21.9 Å². The molecule has 10 heteroatoms. The summed E-state index contributed by atoms with van der Waals surface area (Å²) in [4.78, 5) is 19.4. The van der Waals surface area contributed by atoms with Gasteiger partial charge in [0, 0.05) is 50.9 Å². The fourth-order valence-electron chi connectivity index (χ4n) is 5.61. The fraction of sp³-hybridized carbons (Fsp3) is 0.152. The van der Waals surface area contributed by atoms with E-state index < -0.39 is 0 Å². The molecule has 216 valence electrons. The lowest BCUT2D eigenvalue weighted by Crippen LogP contribution is -2.29. The lowest BCUT2D eigenvalue weighted by Gasteiger charge is -2.28. The van der Waals surface area contributed by atoms with Crippen LogP contribution in [0.2, 0.25) is 0 Å². The zero-order valence-corrected chi connectivity index (χ0v) is 25.4. The topological polar surface area (TPSA) is 85.5 Å². The molecule has 1 aliphatic rings. The number of non-ortho nitro benzene ring substituents is 1. The van der Waals surface area contributed by atoms with E-state index in [9.17, 15) is 10.1 Å². The Morgan fingerprint density at radius 3 is 2.19 bits per heavy atom. The van der Waals surface area contributed by atoms with Crippen LogP contribution >= 0.6 is 24.0 Å². The summed E-state index contributed by atoms with van der Waals surface area (Å²) < 4.78 is 7.63. The predicted octanol–water partition coefficient (Wildman–Crippen LogP) is 7.73. The van der Waals surface area contributed by atoms with Gasteiger partial charge in [0.05, 0.1) is 29.8 Å². The normalized spacial score (nSPS) is 16.3. The standard InChI is InChI=1S/C33H29N5O3S2/c1-21-20-29(22(2)36(21)23-7-13-26(41-3)14-8-23)32-31(30-6-4-5-19-34-30)35-33(42)37(32)24-9-15-27(16-10-24)43-28-17-11-25(12-18-28)38(39)40/h4-20,31-32H,1-3H3,(H,35,42)/t31-,32+/m0/s1. The number of anilines is 1. The third-order valence-corrected chi connectivity index (χ3v) is 8.95. The van der Waals surface area contributed by atoms with E-state index in [1.165, 1.54) is 12.1 Å². The molecular weight excluding hydrogens is 579 g/mol. The van der Waals surface area contributed by atoms with Gasteiger partial charge in [0.25, 0.3) is 5.69 Å². The van der Waals surface area contributed by atoms with Gasteiger partial charge < -0.3 is 19.5 Å². The number of methoxy groups -OCH3 is 1. The number of nitrogens with zero attached hydrogens (tertiary/aromatic N) is 4. The summed E-state index contributed by atoms with van der Waals surface area (Å²) in [5.41, 5.74) is 6.40. The Morgan fingerprint density at radius 2 is 1.58 bits per heavy atom. The van der Waals surface area contributed by atoms with Crippen LogP contribution in [0.25, 0.3) is 5.69 Å². The van der Waals surface area contributed by atoms with E-state index in [0.717, 1.165) is 49.6 Å². The average Bonchev–Trinajstić information content (AvgIpc) is 3.52. The van der Waals surface area contributed by atoms with Crippen molar-refractivity contribution in [3.63, 3.8) is 0 Å². The average molecular weight is 608 g/mol. The minimum Gasteiger partial charge on any atom is -0.497 e. The maximum atomic E-state index is 11.0. The highest BCUT2D eigenvalue weighted by Gasteiger charge is 2.42. The Bertz CT molecular complexity index is 1770. The predicted molar refractivity (Wildman–Crippen MR) is 173 cm³/mol. The summed E-state index contributed by atoms with van der Waals surface area (Å²) in [5, 5.41) is 15.2. The quantitative estimate of drug-likeness (QED) is 0.109. The van der Waals surface area contributed by atoms with E-state index in [2.05, 4.69) is 71.1 Å². The van der Waals surface area contributed by atoms with Crippen molar-refractivity contribution < 1.29 is 9.66 Å². The second-order valence-corrected chi connectivity index (χ2v) is 11.7. The number of rotatable bonds is 8. The van der Waals surface area contributed by atoms with E-state index >= 15 is 0 Å². The molecule has 6 rings (SSSR count). The molecule has 8 nitrogen and oxygen atoms in total. The first-order valence-electron chi connectivity index (χ1n) is 13.7. The van der Waals surface area contributed by atoms with Crippen LogP contribution in [0.4, 0.5) is 11.4 Å². The van der Waals surface area contributed by atoms with Gasteiger partial charge in [-0.25, -0.2) is 0 Å². The van der Waals surface area contributed by atoms with Gasteiger partial charge in [0.2, 0.25) is 0 Å². The monoisotopic (exact) mass is 607 g/mol. The molecule has 0 amide bonds. The molecular formula is C33H29N5O3S2. The first-order valence-corrected chi connectivity index (χ1v) is 14.9. The van der Waals surface area contributed by atoms with Crippen molar-refractivity contribution in [2.24, 2.45) is 0 Å². The van der Waals surface area contributed by atoms with Crippen molar-refractivity contribution in [1.82, 2.24) is 14.9 Å². The van der Waals surface area contributed by atoms with Crippen LogP contribution in [-0.4, -0.2) is 26.7 Å². The Balaban J connectivity index is 1.36. The maximum Gasteiger partial charge on any atom is 0.269 e. The number of ether oxygens (including phenoxy) is 1. The molecule has 1 aliphatic heterocycles. The van der Waals surface area contributed by atoms with Crippen molar-refractivity contribution in [2.75, 3.05) is 12.0 Å². The maximum absolute atomic E-state index is 11.0. The number of nitro groups is 1. The highest BCUT2D eigenvalue weighted by Crippen LogP contribution is 2.44. The summed E-state index contributed by atoms with van der Waals surface area (Å²) in [7, 11) is 1.67. The molecule has 3 aromatic carbocycles. The third-order valence-electron chi connectivity index (χ3n) is 7.62. The molecule has 5 aromatic rings. The molecule has 0 spiro atoms. The van der Waals surface area contributed by atoms with Crippen molar-refractivity contribution in [3.8, 4) is 11.4 Å². The Kier molecular flexibility index (Phi) is 7.88. The number of thiocarbonyl (C=S) groups is 1. The van der Waals surface area contributed by atoms with Crippen molar-refractivity contribution >= 4 is 40.5 Å². The SMILES string of the molecule is COc1ccc(-n2c(C)cc([C@@H]3[C@H](c4ccccn4)NC(=S)N3c3ccc(Sc4ccc([N+](=O)[O-])cc4)cc3)c2C)cc1. The van der Waals surface area contributed by atoms with Crippen molar-refractivity contribution in [3.05, 3.63) is 136 Å². The smallest absolute Gasteiger partial charge is 0.269 e. The molecule has 0 aliphatic carbocycles. The summed E-state index contributed by atoms with van der Waals surface area (Å²) in [6, 6.07) is 30.8. The Labute approximate surface area is 259 Å². The van der Waals surface area contributed by atoms with Crippen molar-refractivity contribution in [1.29, 1.82) is 0 Å². The van der Waals surface area contributed by atoms with Gasteiger partial charge in [-0.2, -0.15) is 0 Å². The lowest BCUT2D eigenvalue weighted by molar-refractivity contribution is -0.384. The van der Waals surface area contributed by atoms with Gasteiger partial charge in [0.15, 0.2) is 5.11 Å². The summed E-state index contributed by atoms with van der Waals surface area (Å²) >= 11 is 7.51. The van der Waals surface area contributed by atoms with Crippen LogP contribution < -0.4 is 15.0 Å². The molecule has 1 fully saturated rings. The number of nitrogens with one attached hydrogen (secondary N) is 1. The molecule has 0 saturated carbocycles. The molecule has 3 heterocycles. The summed E-state index contributed by atoms with van der Waals surface area (Å²) in [6.07, 6.45) is 1.81. The number of pyridine rings is 1. The minimum atomic E-state index is -0.390. The van der Waals surface area contributed by atoms with E-state index in [-0.39, 0.29) is 22.7 Å². The highest BCUT2D eigenvalue weighted by molar-refractivity contribution is 7.99. The molecule has 0 bridgehead atoms. The van der Waals surface area contributed by atoms with Crippen LogP contribution in [0.3, 0.4) is 0 Å². The minimum absolute atomic E-state index is 0.0783. The van der Waals surface area contributed by atoms with Crippen molar-refractivity contribution in [2.45, 2.75) is 35.7 Å². The summed E-state index contributed by atoms with van der Waals surface area (Å²) in [6.45, 7) is 4.26. The molecule has 1 N–H and O–H groups in total. The Morgan fingerprint density at radius 1 is 0.930 bits per heavy atom. The summed E-state index contributed by atoms with van der Waals surface area (Å²) in [5.74, 6) is 0.813. The number of benzene rings is 3. The number of nitro benzene ring substituents is 1. The molecule has 2 aromatic heterocycles. The van der Waals surface area contributed by atoms with Crippen LogP contribution in [0, 0.1) is 24.0 Å². The first-order chi connectivity index (χ1) is 20.8. The Hall–Kier alpha value is -4.67. The largest absolute Gasteiger partial charge is 0.497 e. The fourth-order valence-corrected chi connectivity index (χ4v) is 6.77. The first kappa shape index (κ1) is 28.4. The second-order valence-electron chi connectivity index (χ2n) is 10.2. The van der Waals surface area contributed by atoms with E-state index in [0.29, 0.717) is 5.11 Å². The van der Waals surface area contributed by atoms with Gasteiger partial charge in [-0.1, -0.05) is 17.8 Å². The van der Waals surface area contributed by atoms with Crippen LogP contribution in [0.1, 0.15) is 34.7 Å². The van der Waals surface area contributed by atoms with Gasteiger partial charge in [-0.3, -0.25) is 15.1 Å². The van der Waals surface area contributed by atoms with Gasteiger partial charge in [-0.15, -0.1) is 0 Å². The molecule has 0 radical (unpaired) electrons. The van der Waals surface area contributed by atoms with Gasteiger partial charge in [-0.05, 0) is 110 Å². The molecule has 2 atom stereocenters. The zero-order valence-electron chi connectivity index (χ0n) is 23.8. The van der Waals surface area contributed by atoms with E-state index in [1.54, 1.807) is 31.0 Å².